The van der Waals surface area contributed by atoms with Crippen LogP contribution in [0.15, 0.2) is 24.3 Å². The minimum Gasteiger partial charge on any atom is -0.490 e. The lowest BCUT2D eigenvalue weighted by atomic mass is 9.96. The van der Waals surface area contributed by atoms with E-state index in [0.29, 0.717) is 12.4 Å². The fourth-order valence-corrected chi connectivity index (χ4v) is 2.96. The van der Waals surface area contributed by atoms with Gasteiger partial charge in [0, 0.05) is 13.1 Å². The van der Waals surface area contributed by atoms with Crippen molar-refractivity contribution >= 4 is 17.9 Å². The summed E-state index contributed by atoms with van der Waals surface area (Å²) in [4.78, 5) is 36.4. The number of benzene rings is 1. The molecular weight excluding hydrogens is 398 g/mol. The van der Waals surface area contributed by atoms with Crippen molar-refractivity contribution in [3.63, 3.8) is 0 Å². The van der Waals surface area contributed by atoms with Gasteiger partial charge in [0.1, 0.15) is 0 Å². The molecule has 1 unspecified atom stereocenters. The Labute approximate surface area is 174 Å². The molecule has 166 valence electrons. The molecule has 3 N–H and O–H groups in total. The molecule has 1 aromatic carbocycles. The van der Waals surface area contributed by atoms with Gasteiger partial charge in [0.05, 0.1) is 32.7 Å². The Morgan fingerprint density at radius 2 is 1.70 bits per heavy atom. The third-order valence-corrected chi connectivity index (χ3v) is 4.58. The number of carboxylic acid groups (broad SMARTS) is 2. The Bertz CT molecular complexity index is 733. The summed E-state index contributed by atoms with van der Waals surface area (Å²) in [6.07, 6.45) is -0.416. The van der Waals surface area contributed by atoms with E-state index in [4.69, 9.17) is 24.4 Å². The molecule has 0 aromatic heterocycles. The lowest BCUT2D eigenvalue weighted by Gasteiger charge is -2.26. The zero-order chi connectivity index (χ0) is 22.0. The molecule has 1 aliphatic rings. The summed E-state index contributed by atoms with van der Waals surface area (Å²) in [7, 11) is 0. The second-order valence-electron chi connectivity index (χ2n) is 7.01. The molecule has 1 heterocycles. The highest BCUT2D eigenvalue weighted by atomic mass is 16.6. The van der Waals surface area contributed by atoms with Gasteiger partial charge in [-0.1, -0.05) is 12.1 Å². The molecule has 0 spiro atoms. The molecule has 1 fully saturated rings. The standard InChI is InChI=1S/C20H27NO9/c22-17(23)13-20(27,19(25)26)14-18(24)30-16-6-2-1-5-15(16)29-10-4-3-7-21-8-11-28-12-9-21/h1-2,5-6,27H,3-4,7-14H2,(H,22,23)(H,25,26). The normalized spacial score (nSPS) is 16.4. The topological polar surface area (TPSA) is 143 Å². The van der Waals surface area contributed by atoms with Gasteiger partial charge < -0.3 is 29.5 Å². The van der Waals surface area contributed by atoms with Crippen LogP contribution in [0, 0.1) is 0 Å². The maximum atomic E-state index is 12.1. The highest BCUT2D eigenvalue weighted by molar-refractivity contribution is 5.89. The smallest absolute Gasteiger partial charge is 0.336 e. The van der Waals surface area contributed by atoms with Crippen LogP contribution in [0.25, 0.3) is 0 Å². The lowest BCUT2D eigenvalue weighted by molar-refractivity contribution is -0.169. The minimum atomic E-state index is -2.75. The van der Waals surface area contributed by atoms with Crippen LogP contribution in [-0.4, -0.2) is 83.2 Å². The van der Waals surface area contributed by atoms with Crippen molar-refractivity contribution < 1.29 is 43.9 Å². The number of carbonyl (C=O) groups excluding carboxylic acids is 1. The highest BCUT2D eigenvalue weighted by Gasteiger charge is 2.41. The van der Waals surface area contributed by atoms with E-state index in [1.54, 1.807) is 18.2 Å². The first kappa shape index (κ1) is 23.6. The molecule has 1 atom stereocenters. The van der Waals surface area contributed by atoms with Crippen LogP contribution < -0.4 is 9.47 Å². The molecule has 0 saturated carbocycles. The number of para-hydroxylation sites is 2. The zero-order valence-electron chi connectivity index (χ0n) is 16.6. The van der Waals surface area contributed by atoms with Gasteiger partial charge >= 0.3 is 17.9 Å². The Hall–Kier alpha value is -2.69. The lowest BCUT2D eigenvalue weighted by Crippen LogP contribution is -2.43. The number of unbranched alkanes of at least 4 members (excludes halogenated alkanes) is 1. The van der Waals surface area contributed by atoms with Crippen LogP contribution in [0.3, 0.4) is 0 Å². The third-order valence-electron chi connectivity index (χ3n) is 4.58. The number of hydrogen-bond donors (Lipinski definition) is 3. The van der Waals surface area contributed by atoms with Gasteiger partial charge in [0.15, 0.2) is 17.1 Å². The molecule has 30 heavy (non-hydrogen) atoms. The average molecular weight is 425 g/mol. The second-order valence-corrected chi connectivity index (χ2v) is 7.01. The first-order chi connectivity index (χ1) is 14.3. The summed E-state index contributed by atoms with van der Waals surface area (Å²) < 4.78 is 16.1. The van der Waals surface area contributed by atoms with Gasteiger partial charge in [-0.25, -0.2) is 4.79 Å². The van der Waals surface area contributed by atoms with Gasteiger partial charge in [-0.2, -0.15) is 0 Å². The molecular formula is C20H27NO9. The largest absolute Gasteiger partial charge is 0.490 e. The fourth-order valence-electron chi connectivity index (χ4n) is 2.96. The number of hydrogen-bond acceptors (Lipinski definition) is 8. The predicted molar refractivity (Wildman–Crippen MR) is 104 cm³/mol. The van der Waals surface area contributed by atoms with Gasteiger partial charge in [-0.05, 0) is 31.5 Å². The van der Waals surface area contributed by atoms with Crippen LogP contribution in [-0.2, 0) is 19.1 Å². The van der Waals surface area contributed by atoms with Crippen LogP contribution in [0.4, 0.5) is 0 Å². The maximum absolute atomic E-state index is 12.1. The first-order valence-electron chi connectivity index (χ1n) is 9.70. The van der Waals surface area contributed by atoms with Crippen molar-refractivity contribution in [2.75, 3.05) is 39.5 Å². The summed E-state index contributed by atoms with van der Waals surface area (Å²) in [6.45, 7) is 4.68. The molecule has 2 rings (SSSR count). The van der Waals surface area contributed by atoms with E-state index >= 15 is 0 Å². The van der Waals surface area contributed by atoms with Gasteiger partial charge in [0.25, 0.3) is 0 Å². The number of aliphatic hydroxyl groups is 1. The molecule has 0 amide bonds. The zero-order valence-corrected chi connectivity index (χ0v) is 16.6. The van der Waals surface area contributed by atoms with E-state index in [1.165, 1.54) is 6.07 Å². The number of morpholine rings is 1. The number of rotatable bonds is 12. The number of esters is 1. The van der Waals surface area contributed by atoms with E-state index in [0.717, 1.165) is 45.7 Å². The van der Waals surface area contributed by atoms with Gasteiger partial charge in [-0.15, -0.1) is 0 Å². The summed E-state index contributed by atoms with van der Waals surface area (Å²) in [5.41, 5.74) is -2.75. The Morgan fingerprint density at radius 3 is 2.33 bits per heavy atom. The van der Waals surface area contributed by atoms with E-state index < -0.39 is 36.4 Å². The van der Waals surface area contributed by atoms with Crippen LogP contribution in [0.1, 0.15) is 25.7 Å². The Balaban J connectivity index is 1.84. The average Bonchev–Trinajstić information content (AvgIpc) is 2.69. The van der Waals surface area contributed by atoms with E-state index in [1.807, 2.05) is 0 Å². The molecule has 1 aliphatic heterocycles. The summed E-state index contributed by atoms with van der Waals surface area (Å²) >= 11 is 0. The summed E-state index contributed by atoms with van der Waals surface area (Å²) in [5.74, 6) is -4.07. The number of carbonyl (C=O) groups is 3. The van der Waals surface area contributed by atoms with E-state index in [-0.39, 0.29) is 5.75 Å². The molecule has 10 nitrogen and oxygen atoms in total. The summed E-state index contributed by atoms with van der Waals surface area (Å²) in [6, 6.07) is 6.37. The highest BCUT2D eigenvalue weighted by Crippen LogP contribution is 2.28. The monoisotopic (exact) mass is 425 g/mol. The van der Waals surface area contributed by atoms with Crippen LogP contribution in [0.5, 0.6) is 11.5 Å². The molecule has 0 bridgehead atoms. The number of carboxylic acids is 2. The molecule has 1 saturated heterocycles. The predicted octanol–water partition coefficient (Wildman–Crippen LogP) is 0.764. The second kappa shape index (κ2) is 11.5. The van der Waals surface area contributed by atoms with Gasteiger partial charge in [0.2, 0.25) is 0 Å². The van der Waals surface area contributed by atoms with Crippen molar-refractivity contribution in [1.29, 1.82) is 0 Å². The molecule has 0 aliphatic carbocycles. The van der Waals surface area contributed by atoms with E-state index in [9.17, 15) is 19.5 Å². The number of nitrogens with zero attached hydrogens (tertiary/aromatic N) is 1. The third kappa shape index (κ3) is 7.62. The molecule has 10 heteroatoms. The van der Waals surface area contributed by atoms with Crippen LogP contribution in [0.2, 0.25) is 0 Å². The Kier molecular flexibility index (Phi) is 9.03. The number of ether oxygens (including phenoxy) is 3. The summed E-state index contributed by atoms with van der Waals surface area (Å²) in [5, 5.41) is 27.8. The first-order valence-corrected chi connectivity index (χ1v) is 9.70. The van der Waals surface area contributed by atoms with Gasteiger partial charge in [-0.3, -0.25) is 14.5 Å². The van der Waals surface area contributed by atoms with E-state index in [2.05, 4.69) is 4.90 Å². The Morgan fingerprint density at radius 1 is 1.03 bits per heavy atom. The minimum absolute atomic E-state index is 0.0683. The van der Waals surface area contributed by atoms with Crippen molar-refractivity contribution in [2.45, 2.75) is 31.3 Å². The van der Waals surface area contributed by atoms with Crippen molar-refractivity contribution in [1.82, 2.24) is 4.90 Å². The molecule has 1 aromatic rings. The van der Waals surface area contributed by atoms with Crippen molar-refractivity contribution in [3.8, 4) is 11.5 Å². The fraction of sp³-hybridized carbons (Fsp3) is 0.550. The van der Waals surface area contributed by atoms with Crippen molar-refractivity contribution in [2.24, 2.45) is 0 Å². The van der Waals surface area contributed by atoms with Crippen LogP contribution >= 0.6 is 0 Å². The maximum Gasteiger partial charge on any atom is 0.336 e. The molecule has 0 radical (unpaired) electrons. The van der Waals surface area contributed by atoms with Crippen molar-refractivity contribution in [3.05, 3.63) is 24.3 Å². The SMILES string of the molecule is O=C(O)CC(O)(CC(=O)Oc1ccccc1OCCCCN1CCOCC1)C(=O)O. The quantitative estimate of drug-likeness (QED) is 0.249. The number of aliphatic carboxylic acids is 2.